The Balaban J connectivity index is 1.26. The highest BCUT2D eigenvalue weighted by molar-refractivity contribution is 6.06. The fraction of sp³-hybridized carbons (Fsp3) is 0.341. The quantitative estimate of drug-likeness (QED) is 0.135. The lowest BCUT2D eigenvalue weighted by Gasteiger charge is -2.36. The Labute approximate surface area is 307 Å². The minimum atomic E-state index is -0.0210. The number of pyridine rings is 1. The lowest BCUT2D eigenvalue weighted by atomic mass is 9.84. The molecule has 8 rings (SSSR count). The minimum absolute atomic E-state index is 0.0210. The first-order valence-electron chi connectivity index (χ1n) is 17.3. The molecule has 0 amide bonds. The largest absolute Gasteiger partial charge is 0.493 e. The number of likely N-dealkylation sites (N-methyl/N-ethyl adjacent to an activating group) is 1. The van der Waals surface area contributed by atoms with Crippen LogP contribution in [0.4, 0.5) is 0 Å². The van der Waals surface area contributed by atoms with Crippen LogP contribution in [0.1, 0.15) is 34.0 Å². The fourth-order valence-corrected chi connectivity index (χ4v) is 8.11. The molecule has 4 aromatic carbocycles. The van der Waals surface area contributed by atoms with Crippen molar-refractivity contribution in [2.45, 2.75) is 25.3 Å². The number of benzene rings is 4. The molecule has 1 atom stereocenters. The van der Waals surface area contributed by atoms with E-state index in [1.54, 1.807) is 56.0 Å². The van der Waals surface area contributed by atoms with Crippen molar-refractivity contribution in [1.82, 2.24) is 9.88 Å². The number of fused-ring (bicyclic) bond motifs is 5. The molecule has 3 aliphatic rings. The Morgan fingerprint density at radius 1 is 0.698 bits per heavy atom. The van der Waals surface area contributed by atoms with Gasteiger partial charge in [0.15, 0.2) is 46.0 Å². The van der Waals surface area contributed by atoms with Crippen LogP contribution in [0.15, 0.2) is 42.6 Å². The summed E-state index contributed by atoms with van der Waals surface area (Å²) in [5.41, 5.74) is 6.64. The molecule has 12 heteroatoms. The van der Waals surface area contributed by atoms with Crippen molar-refractivity contribution in [3.63, 3.8) is 0 Å². The average molecular weight is 723 g/mol. The van der Waals surface area contributed by atoms with Gasteiger partial charge in [-0.1, -0.05) is 6.07 Å². The summed E-state index contributed by atoms with van der Waals surface area (Å²) in [6.07, 6.45) is 3.72. The molecule has 1 aliphatic carbocycles. The Bertz CT molecular complexity index is 2250. The van der Waals surface area contributed by atoms with Crippen molar-refractivity contribution < 1.29 is 47.4 Å². The van der Waals surface area contributed by atoms with Crippen LogP contribution < -0.4 is 47.4 Å². The van der Waals surface area contributed by atoms with Gasteiger partial charge >= 0.3 is 0 Å². The monoisotopic (exact) mass is 722 g/mol. The third kappa shape index (κ3) is 5.34. The van der Waals surface area contributed by atoms with Crippen LogP contribution in [-0.4, -0.2) is 80.0 Å². The maximum absolute atomic E-state index is 6.87. The molecule has 1 aromatic heterocycles. The second kappa shape index (κ2) is 13.7. The van der Waals surface area contributed by atoms with Crippen LogP contribution >= 0.6 is 0 Å². The summed E-state index contributed by atoms with van der Waals surface area (Å²) < 4.78 is 60.3. The fourth-order valence-electron chi connectivity index (χ4n) is 8.11. The third-order valence-corrected chi connectivity index (χ3v) is 10.6. The molecule has 0 spiro atoms. The minimum Gasteiger partial charge on any atom is -0.493 e. The van der Waals surface area contributed by atoms with Crippen LogP contribution in [0.25, 0.3) is 21.9 Å². The Kier molecular flexibility index (Phi) is 8.85. The van der Waals surface area contributed by atoms with E-state index in [0.29, 0.717) is 70.3 Å². The molecule has 0 radical (unpaired) electrons. The summed E-state index contributed by atoms with van der Waals surface area (Å²) in [5, 5.41) is 1.98. The van der Waals surface area contributed by atoms with E-state index in [0.717, 1.165) is 68.6 Å². The SMILES string of the molecule is COc1ccc(C[C@@H]2c3cc(OC)c4c(c3CCN2C)OCO4)c(OC)c1Oc1c(OC)cc2c(c1OC)Cc1nccc3cc(OC)c(OC)c-2c13. The van der Waals surface area contributed by atoms with Crippen LogP contribution in [0.5, 0.6) is 63.2 Å². The van der Waals surface area contributed by atoms with E-state index in [1.165, 1.54) is 0 Å². The van der Waals surface area contributed by atoms with E-state index in [9.17, 15) is 0 Å². The van der Waals surface area contributed by atoms with Crippen LogP contribution in [-0.2, 0) is 19.3 Å². The zero-order chi connectivity index (χ0) is 37.0. The summed E-state index contributed by atoms with van der Waals surface area (Å²) in [6.45, 7) is 1.01. The van der Waals surface area contributed by atoms with Gasteiger partial charge in [0, 0.05) is 52.8 Å². The molecule has 53 heavy (non-hydrogen) atoms. The smallest absolute Gasteiger partial charge is 0.231 e. The van der Waals surface area contributed by atoms with Gasteiger partial charge < -0.3 is 47.4 Å². The van der Waals surface area contributed by atoms with Gasteiger partial charge in [0.25, 0.3) is 0 Å². The first kappa shape index (κ1) is 34.3. The first-order chi connectivity index (χ1) is 25.9. The van der Waals surface area contributed by atoms with Crippen molar-refractivity contribution in [1.29, 1.82) is 0 Å². The van der Waals surface area contributed by atoms with E-state index in [-0.39, 0.29) is 12.8 Å². The highest BCUT2D eigenvalue weighted by Gasteiger charge is 2.36. The lowest BCUT2D eigenvalue weighted by Crippen LogP contribution is -2.33. The van der Waals surface area contributed by atoms with Crippen molar-refractivity contribution in [2.24, 2.45) is 0 Å². The molecule has 3 heterocycles. The van der Waals surface area contributed by atoms with Gasteiger partial charge in [0.05, 0.1) is 55.5 Å². The highest BCUT2D eigenvalue weighted by atomic mass is 16.7. The Morgan fingerprint density at radius 3 is 2.11 bits per heavy atom. The van der Waals surface area contributed by atoms with Gasteiger partial charge in [0.1, 0.15) is 0 Å². The number of nitrogens with zero attached hydrogens (tertiary/aromatic N) is 2. The van der Waals surface area contributed by atoms with Crippen molar-refractivity contribution in [3.8, 4) is 74.4 Å². The number of hydrogen-bond acceptors (Lipinski definition) is 12. The maximum Gasteiger partial charge on any atom is 0.231 e. The molecule has 2 aliphatic heterocycles. The molecular formula is C41H42N2O10. The highest BCUT2D eigenvalue weighted by Crippen LogP contribution is 2.57. The molecule has 12 nitrogen and oxygen atoms in total. The van der Waals surface area contributed by atoms with Crippen LogP contribution in [0.3, 0.4) is 0 Å². The molecule has 0 saturated heterocycles. The number of aromatic nitrogens is 1. The molecule has 0 bridgehead atoms. The second-order valence-corrected chi connectivity index (χ2v) is 13.0. The van der Waals surface area contributed by atoms with Gasteiger partial charge in [-0.3, -0.25) is 9.88 Å². The van der Waals surface area contributed by atoms with Gasteiger partial charge in [-0.2, -0.15) is 0 Å². The van der Waals surface area contributed by atoms with Crippen molar-refractivity contribution in [3.05, 3.63) is 70.5 Å². The number of rotatable bonds is 11. The summed E-state index contributed by atoms with van der Waals surface area (Å²) in [6, 6.07) is 11.9. The average Bonchev–Trinajstić information content (AvgIpc) is 3.69. The third-order valence-electron chi connectivity index (χ3n) is 10.6. The molecule has 0 saturated carbocycles. The predicted molar refractivity (Wildman–Crippen MR) is 198 cm³/mol. The van der Waals surface area contributed by atoms with Crippen LogP contribution in [0.2, 0.25) is 0 Å². The second-order valence-electron chi connectivity index (χ2n) is 13.0. The van der Waals surface area contributed by atoms with E-state index in [1.807, 2.05) is 30.3 Å². The predicted octanol–water partition coefficient (Wildman–Crippen LogP) is 7.16. The van der Waals surface area contributed by atoms with E-state index < -0.39 is 0 Å². The van der Waals surface area contributed by atoms with E-state index >= 15 is 0 Å². The lowest BCUT2D eigenvalue weighted by molar-refractivity contribution is 0.169. The molecule has 5 aromatic rings. The maximum atomic E-state index is 6.87. The Morgan fingerprint density at radius 2 is 1.40 bits per heavy atom. The zero-order valence-corrected chi connectivity index (χ0v) is 31.1. The molecule has 276 valence electrons. The summed E-state index contributed by atoms with van der Waals surface area (Å²) in [7, 11) is 13.5. The topological polar surface area (TPSA) is 108 Å². The number of methoxy groups -OCH3 is 7. The normalized spacial score (nSPS) is 15.4. The summed E-state index contributed by atoms with van der Waals surface area (Å²) in [5.74, 6) is 6.00. The van der Waals surface area contributed by atoms with Crippen molar-refractivity contribution in [2.75, 3.05) is 70.2 Å². The van der Waals surface area contributed by atoms with E-state index in [4.69, 9.17) is 52.4 Å². The first-order valence-corrected chi connectivity index (χ1v) is 17.3. The standard InChI is InChI=1S/C41H42N2O10/c1-43-14-12-23-24(18-31(46-4)39-37(23)51-20-52-39)28(43)15-22-9-10-29(44-2)40(35(22)48-6)53-41-32(47-5)19-25-26(36(41)49-7)17-27-33-21(11-13-42-27)16-30(45-3)38(50-8)34(25)33/h9-11,13,16,18-19,28H,12,14-15,17,20H2,1-8H3/t28-/m1/s1. The Hall–Kier alpha value is -5.75. The molecular weight excluding hydrogens is 680 g/mol. The van der Waals surface area contributed by atoms with Gasteiger partial charge in [-0.15, -0.1) is 0 Å². The molecule has 0 fully saturated rings. The van der Waals surface area contributed by atoms with Crippen molar-refractivity contribution >= 4 is 10.8 Å². The van der Waals surface area contributed by atoms with E-state index in [2.05, 4.69) is 18.0 Å². The number of hydrogen-bond donors (Lipinski definition) is 0. The van der Waals surface area contributed by atoms with Crippen LogP contribution in [0, 0.1) is 0 Å². The molecule has 0 N–H and O–H groups in total. The van der Waals surface area contributed by atoms with Gasteiger partial charge in [0.2, 0.25) is 24.0 Å². The number of ether oxygens (including phenoxy) is 10. The summed E-state index contributed by atoms with van der Waals surface area (Å²) >= 11 is 0. The van der Waals surface area contributed by atoms with Gasteiger partial charge in [-0.25, -0.2) is 0 Å². The summed E-state index contributed by atoms with van der Waals surface area (Å²) in [4.78, 5) is 7.11. The van der Waals surface area contributed by atoms with Gasteiger partial charge in [-0.05, 0) is 66.7 Å². The zero-order valence-electron chi connectivity index (χ0n) is 31.1. The molecule has 0 unspecified atom stereocenters.